The molecule has 0 amide bonds. The molecule has 0 saturated carbocycles. The molecule has 0 atom stereocenters. The SMILES string of the molecule is c1ccc(-c2ccc(N(c3ccc(-c4ccccc4)cc3)c3ccc(-c4ccccc4)c(-c4cccc5ccccc45)c3)cc2)cc1. The molecule has 0 spiro atoms. The average molecular weight is 600 g/mol. The van der Waals surface area contributed by atoms with Gasteiger partial charge in [-0.25, -0.2) is 0 Å². The van der Waals surface area contributed by atoms with E-state index in [4.69, 9.17) is 0 Å². The largest absolute Gasteiger partial charge is 0.310 e. The van der Waals surface area contributed by atoms with E-state index in [0.717, 1.165) is 17.1 Å². The smallest absolute Gasteiger partial charge is 0.0468 e. The summed E-state index contributed by atoms with van der Waals surface area (Å²) >= 11 is 0. The molecule has 8 aromatic rings. The van der Waals surface area contributed by atoms with Crippen molar-refractivity contribution in [1.82, 2.24) is 0 Å². The van der Waals surface area contributed by atoms with Crippen molar-refractivity contribution < 1.29 is 0 Å². The van der Waals surface area contributed by atoms with Gasteiger partial charge in [0.25, 0.3) is 0 Å². The van der Waals surface area contributed by atoms with Crippen molar-refractivity contribution >= 4 is 27.8 Å². The molecule has 0 N–H and O–H groups in total. The van der Waals surface area contributed by atoms with Gasteiger partial charge in [-0.3, -0.25) is 0 Å². The fourth-order valence-electron chi connectivity index (χ4n) is 6.54. The van der Waals surface area contributed by atoms with Crippen molar-refractivity contribution in [3.05, 3.63) is 200 Å². The van der Waals surface area contributed by atoms with Crippen LogP contribution in [0.2, 0.25) is 0 Å². The molecule has 0 aromatic heterocycles. The fraction of sp³-hybridized carbons (Fsp3) is 0. The van der Waals surface area contributed by atoms with E-state index in [1.165, 1.54) is 55.3 Å². The van der Waals surface area contributed by atoms with Gasteiger partial charge in [-0.05, 0) is 91.7 Å². The topological polar surface area (TPSA) is 3.24 Å². The van der Waals surface area contributed by atoms with Gasteiger partial charge in [0.2, 0.25) is 0 Å². The molecule has 0 aliphatic rings. The van der Waals surface area contributed by atoms with Crippen LogP contribution >= 0.6 is 0 Å². The lowest BCUT2D eigenvalue weighted by Gasteiger charge is -2.27. The van der Waals surface area contributed by atoms with Crippen molar-refractivity contribution in [3.8, 4) is 44.5 Å². The van der Waals surface area contributed by atoms with E-state index in [9.17, 15) is 0 Å². The normalized spacial score (nSPS) is 11.0. The Balaban J connectivity index is 1.31. The third-order valence-electron chi connectivity index (χ3n) is 8.89. The minimum absolute atomic E-state index is 1.10. The second-order valence-electron chi connectivity index (χ2n) is 11.8. The Labute approximate surface area is 276 Å². The van der Waals surface area contributed by atoms with Crippen LogP contribution in [0, 0.1) is 0 Å². The second-order valence-corrected chi connectivity index (χ2v) is 11.8. The lowest BCUT2D eigenvalue weighted by molar-refractivity contribution is 1.28. The Morgan fingerprint density at radius 2 is 0.702 bits per heavy atom. The van der Waals surface area contributed by atoms with E-state index in [-0.39, 0.29) is 0 Å². The first kappa shape index (κ1) is 28.3. The van der Waals surface area contributed by atoms with Crippen LogP contribution in [0.4, 0.5) is 17.1 Å². The lowest BCUT2D eigenvalue weighted by Crippen LogP contribution is -2.10. The van der Waals surface area contributed by atoms with E-state index in [0.29, 0.717) is 0 Å². The summed E-state index contributed by atoms with van der Waals surface area (Å²) in [4.78, 5) is 2.37. The first-order valence-electron chi connectivity index (χ1n) is 16.1. The highest BCUT2D eigenvalue weighted by Gasteiger charge is 2.18. The Bertz CT molecular complexity index is 2170. The Kier molecular flexibility index (Phi) is 7.63. The van der Waals surface area contributed by atoms with Gasteiger partial charge in [-0.1, -0.05) is 164 Å². The van der Waals surface area contributed by atoms with E-state index in [1.54, 1.807) is 0 Å². The zero-order valence-corrected chi connectivity index (χ0v) is 26.0. The van der Waals surface area contributed by atoms with Crippen molar-refractivity contribution in [2.75, 3.05) is 4.90 Å². The molecule has 1 nitrogen and oxygen atoms in total. The molecule has 47 heavy (non-hydrogen) atoms. The van der Waals surface area contributed by atoms with Gasteiger partial charge >= 0.3 is 0 Å². The van der Waals surface area contributed by atoms with Crippen LogP contribution in [-0.2, 0) is 0 Å². The Hall–Kier alpha value is -6.18. The molecule has 0 heterocycles. The molecule has 8 rings (SSSR count). The van der Waals surface area contributed by atoms with Gasteiger partial charge in [0.1, 0.15) is 0 Å². The van der Waals surface area contributed by atoms with Crippen molar-refractivity contribution in [1.29, 1.82) is 0 Å². The molecule has 1 heteroatoms. The van der Waals surface area contributed by atoms with Gasteiger partial charge < -0.3 is 4.90 Å². The summed E-state index contributed by atoms with van der Waals surface area (Å²) in [5, 5.41) is 2.48. The third-order valence-corrected chi connectivity index (χ3v) is 8.89. The quantitative estimate of drug-likeness (QED) is 0.176. The molecule has 0 radical (unpaired) electrons. The van der Waals surface area contributed by atoms with E-state index < -0.39 is 0 Å². The molecule has 0 bridgehead atoms. The van der Waals surface area contributed by atoms with Gasteiger partial charge in [0, 0.05) is 17.1 Å². The lowest BCUT2D eigenvalue weighted by atomic mass is 9.90. The summed E-state index contributed by atoms with van der Waals surface area (Å²) in [7, 11) is 0. The summed E-state index contributed by atoms with van der Waals surface area (Å²) in [6.45, 7) is 0. The molecule has 0 fully saturated rings. The number of hydrogen-bond acceptors (Lipinski definition) is 1. The van der Waals surface area contributed by atoms with Gasteiger partial charge in [-0.15, -0.1) is 0 Å². The zero-order valence-electron chi connectivity index (χ0n) is 26.0. The van der Waals surface area contributed by atoms with E-state index in [1.807, 2.05) is 0 Å². The summed E-state index contributed by atoms with van der Waals surface area (Å²) < 4.78 is 0. The fourth-order valence-corrected chi connectivity index (χ4v) is 6.54. The van der Waals surface area contributed by atoms with Crippen LogP contribution in [0.3, 0.4) is 0 Å². The highest BCUT2D eigenvalue weighted by atomic mass is 15.1. The molecule has 8 aromatic carbocycles. The van der Waals surface area contributed by atoms with Crippen LogP contribution in [0.1, 0.15) is 0 Å². The molecular weight excluding hydrogens is 567 g/mol. The van der Waals surface area contributed by atoms with Crippen LogP contribution in [0.5, 0.6) is 0 Å². The molecule has 0 unspecified atom stereocenters. The maximum atomic E-state index is 2.37. The van der Waals surface area contributed by atoms with Crippen molar-refractivity contribution in [2.45, 2.75) is 0 Å². The zero-order chi connectivity index (χ0) is 31.4. The van der Waals surface area contributed by atoms with E-state index in [2.05, 4.69) is 205 Å². The minimum Gasteiger partial charge on any atom is -0.310 e. The third kappa shape index (κ3) is 5.72. The molecule has 0 saturated heterocycles. The standard InChI is InChI=1S/C46H33N/c1-4-13-34(14-5-1)36-23-27-40(28-24-36)47(41-29-25-37(26-30-41)35-15-6-2-7-16-35)42-31-32-44(38-17-8-3-9-18-38)46(33-42)45-22-12-20-39-19-10-11-21-43(39)45/h1-33H. The molecule has 222 valence electrons. The van der Waals surface area contributed by atoms with Gasteiger partial charge in [-0.2, -0.15) is 0 Å². The minimum atomic E-state index is 1.10. The predicted octanol–water partition coefficient (Wildman–Crippen LogP) is 13.0. The summed E-state index contributed by atoms with van der Waals surface area (Å²) in [6.07, 6.45) is 0. The molecule has 0 aliphatic carbocycles. The van der Waals surface area contributed by atoms with Crippen LogP contribution in [0.15, 0.2) is 200 Å². The second kappa shape index (κ2) is 12.7. The van der Waals surface area contributed by atoms with Crippen LogP contribution in [0.25, 0.3) is 55.3 Å². The predicted molar refractivity (Wildman–Crippen MR) is 200 cm³/mol. The Morgan fingerprint density at radius 3 is 1.28 bits per heavy atom. The Morgan fingerprint density at radius 1 is 0.255 bits per heavy atom. The van der Waals surface area contributed by atoms with Gasteiger partial charge in [0.15, 0.2) is 0 Å². The average Bonchev–Trinajstić information content (AvgIpc) is 3.16. The first-order valence-corrected chi connectivity index (χ1v) is 16.1. The number of benzene rings is 8. The summed E-state index contributed by atoms with van der Waals surface area (Å²) in [6, 6.07) is 71.8. The number of anilines is 3. The maximum absolute atomic E-state index is 2.37. The number of rotatable bonds is 7. The number of hydrogen-bond donors (Lipinski definition) is 0. The van der Waals surface area contributed by atoms with Crippen LogP contribution < -0.4 is 4.90 Å². The highest BCUT2D eigenvalue weighted by molar-refractivity contribution is 6.01. The van der Waals surface area contributed by atoms with E-state index >= 15 is 0 Å². The van der Waals surface area contributed by atoms with Gasteiger partial charge in [0.05, 0.1) is 0 Å². The first-order chi connectivity index (χ1) is 23.3. The maximum Gasteiger partial charge on any atom is 0.0468 e. The monoisotopic (exact) mass is 599 g/mol. The van der Waals surface area contributed by atoms with Crippen molar-refractivity contribution in [2.24, 2.45) is 0 Å². The number of fused-ring (bicyclic) bond motifs is 1. The molecular formula is C46H33N. The highest BCUT2D eigenvalue weighted by Crippen LogP contribution is 2.43. The van der Waals surface area contributed by atoms with Crippen LogP contribution in [-0.4, -0.2) is 0 Å². The number of nitrogens with zero attached hydrogens (tertiary/aromatic N) is 1. The van der Waals surface area contributed by atoms with Crippen molar-refractivity contribution in [3.63, 3.8) is 0 Å². The summed E-state index contributed by atoms with van der Waals surface area (Å²) in [5.74, 6) is 0. The molecule has 0 aliphatic heterocycles. The summed E-state index contributed by atoms with van der Waals surface area (Å²) in [5.41, 5.74) is 13.0.